The molecule has 0 saturated heterocycles. The van der Waals surface area contributed by atoms with Gasteiger partial charge >= 0.3 is 0 Å². The van der Waals surface area contributed by atoms with Crippen molar-refractivity contribution in [3.63, 3.8) is 0 Å². The summed E-state index contributed by atoms with van der Waals surface area (Å²) in [4.78, 5) is 10.7. The van der Waals surface area contributed by atoms with Crippen LogP contribution < -0.4 is 10.4 Å². The molecule has 0 aliphatic heterocycles. The summed E-state index contributed by atoms with van der Waals surface area (Å²) in [7, 11) is -2.53. The molecule has 2 aromatic carbocycles. The van der Waals surface area contributed by atoms with Crippen LogP contribution in [-0.4, -0.2) is 21.2 Å². The Bertz CT molecular complexity index is 940. The molecule has 0 N–H and O–H groups in total. The van der Waals surface area contributed by atoms with E-state index >= 15 is 0 Å². The van der Waals surface area contributed by atoms with Crippen LogP contribution in [0.5, 0.6) is 0 Å². The van der Waals surface area contributed by atoms with E-state index in [0.29, 0.717) is 6.61 Å². The van der Waals surface area contributed by atoms with Crippen molar-refractivity contribution in [1.29, 1.82) is 0 Å². The van der Waals surface area contributed by atoms with Crippen molar-refractivity contribution >= 4 is 25.0 Å². The van der Waals surface area contributed by atoms with Gasteiger partial charge in [-0.15, -0.1) is 0 Å². The number of hydrogen-bond donors (Lipinski definition) is 0. The van der Waals surface area contributed by atoms with Crippen molar-refractivity contribution in [3.05, 3.63) is 95.6 Å². The molecular weight excluding hydrogens is 432 g/mol. The van der Waals surface area contributed by atoms with Gasteiger partial charge in [-0.2, -0.15) is 0 Å². The van der Waals surface area contributed by atoms with Crippen molar-refractivity contribution in [3.8, 4) is 0 Å². The third-order valence-electron chi connectivity index (χ3n) is 6.36. The van der Waals surface area contributed by atoms with Crippen LogP contribution in [0.2, 0.25) is 5.04 Å². The molecule has 0 bridgehead atoms. The van der Waals surface area contributed by atoms with Gasteiger partial charge in [0.25, 0.3) is 8.32 Å². The zero-order valence-corrected chi connectivity index (χ0v) is 22.9. The van der Waals surface area contributed by atoms with Crippen LogP contribution in [0.3, 0.4) is 0 Å². The number of rotatable bonds is 12. The van der Waals surface area contributed by atoms with Crippen LogP contribution in [0.1, 0.15) is 67.2 Å². The molecule has 2 aromatic rings. The second-order valence-electron chi connectivity index (χ2n) is 10.1. The summed E-state index contributed by atoms with van der Waals surface area (Å²) in [5.41, 5.74) is 3.51. The predicted molar refractivity (Wildman–Crippen MR) is 149 cm³/mol. The Balaban J connectivity index is 2.21. The van der Waals surface area contributed by atoms with E-state index in [1.54, 1.807) is 0 Å². The SMILES string of the molecule is C/C=C(\CO[Si](c1ccccc1)(c1ccccc1)C(C)(C)C)C/C(C)=C/CCC/C=C(\C)C=O. The first-order chi connectivity index (χ1) is 16.2. The third kappa shape index (κ3) is 7.51. The van der Waals surface area contributed by atoms with E-state index in [4.69, 9.17) is 4.43 Å². The van der Waals surface area contributed by atoms with E-state index in [9.17, 15) is 4.79 Å². The van der Waals surface area contributed by atoms with Gasteiger partial charge in [-0.3, -0.25) is 4.79 Å². The quantitative estimate of drug-likeness (QED) is 0.107. The van der Waals surface area contributed by atoms with E-state index in [1.807, 2.05) is 13.0 Å². The summed E-state index contributed by atoms with van der Waals surface area (Å²) < 4.78 is 7.10. The van der Waals surface area contributed by atoms with Gasteiger partial charge in [0.15, 0.2) is 0 Å². The average molecular weight is 475 g/mol. The van der Waals surface area contributed by atoms with Crippen LogP contribution in [0.4, 0.5) is 0 Å². The second kappa shape index (κ2) is 13.4. The summed E-state index contributed by atoms with van der Waals surface area (Å²) in [5, 5.41) is 2.61. The molecule has 2 nitrogen and oxygen atoms in total. The number of unbranched alkanes of at least 4 members (excludes halogenated alkanes) is 2. The zero-order valence-electron chi connectivity index (χ0n) is 21.9. The molecule has 0 heterocycles. The summed E-state index contributed by atoms with van der Waals surface area (Å²) >= 11 is 0. The lowest BCUT2D eigenvalue weighted by atomic mass is 10.0. The van der Waals surface area contributed by atoms with Crippen molar-refractivity contribution in [2.75, 3.05) is 6.61 Å². The van der Waals surface area contributed by atoms with Crippen molar-refractivity contribution in [1.82, 2.24) is 0 Å². The van der Waals surface area contributed by atoms with Crippen LogP contribution in [-0.2, 0) is 9.22 Å². The van der Waals surface area contributed by atoms with Crippen LogP contribution in [0, 0.1) is 0 Å². The minimum atomic E-state index is -2.53. The molecule has 0 radical (unpaired) electrons. The smallest absolute Gasteiger partial charge is 0.261 e. The first-order valence-electron chi connectivity index (χ1n) is 12.4. The lowest BCUT2D eigenvalue weighted by Gasteiger charge is -2.43. The van der Waals surface area contributed by atoms with E-state index in [1.165, 1.54) is 21.5 Å². The molecule has 0 atom stereocenters. The fourth-order valence-electron chi connectivity index (χ4n) is 4.47. The molecule has 0 spiro atoms. The first kappa shape index (κ1) is 27.7. The third-order valence-corrected chi connectivity index (χ3v) is 11.3. The summed E-state index contributed by atoms with van der Waals surface area (Å²) in [6, 6.07) is 21.6. The Labute approximate surface area is 208 Å². The van der Waals surface area contributed by atoms with Crippen LogP contribution in [0.25, 0.3) is 0 Å². The minimum absolute atomic E-state index is 0.0212. The molecule has 0 unspecified atom stereocenters. The number of benzene rings is 2. The summed E-state index contributed by atoms with van der Waals surface area (Å²) in [5.74, 6) is 0. The monoisotopic (exact) mass is 474 g/mol. The van der Waals surface area contributed by atoms with E-state index in [0.717, 1.165) is 37.5 Å². The van der Waals surface area contributed by atoms with Gasteiger partial charge in [0.2, 0.25) is 0 Å². The van der Waals surface area contributed by atoms with Gasteiger partial charge in [0.1, 0.15) is 6.29 Å². The highest BCUT2D eigenvalue weighted by Crippen LogP contribution is 2.37. The van der Waals surface area contributed by atoms with E-state index < -0.39 is 8.32 Å². The Morgan fingerprint density at radius 1 is 0.882 bits per heavy atom. The van der Waals surface area contributed by atoms with Crippen molar-refractivity contribution in [2.24, 2.45) is 0 Å². The maximum atomic E-state index is 10.7. The molecule has 0 amide bonds. The maximum absolute atomic E-state index is 10.7. The number of hydrogen-bond acceptors (Lipinski definition) is 2. The largest absolute Gasteiger partial charge is 0.403 e. The summed E-state index contributed by atoms with van der Waals surface area (Å²) in [6.07, 6.45) is 11.4. The molecule has 34 heavy (non-hydrogen) atoms. The molecule has 2 rings (SSSR count). The second-order valence-corrected chi connectivity index (χ2v) is 14.4. The Kier molecular flexibility index (Phi) is 10.9. The molecule has 0 saturated carbocycles. The molecule has 3 heteroatoms. The van der Waals surface area contributed by atoms with Gasteiger partial charge < -0.3 is 4.43 Å². The van der Waals surface area contributed by atoms with E-state index in [-0.39, 0.29) is 5.04 Å². The lowest BCUT2D eigenvalue weighted by molar-refractivity contribution is -0.104. The average Bonchev–Trinajstić information content (AvgIpc) is 2.83. The van der Waals surface area contributed by atoms with Crippen LogP contribution in [0.15, 0.2) is 95.6 Å². The zero-order chi connectivity index (χ0) is 25.0. The highest BCUT2D eigenvalue weighted by Gasteiger charge is 2.50. The Morgan fingerprint density at radius 3 is 1.88 bits per heavy atom. The topological polar surface area (TPSA) is 26.3 Å². The molecule has 0 fully saturated rings. The van der Waals surface area contributed by atoms with Gasteiger partial charge in [-0.25, -0.2) is 0 Å². The highest BCUT2D eigenvalue weighted by atomic mass is 28.4. The Hall–Kier alpha value is -2.49. The van der Waals surface area contributed by atoms with Crippen molar-refractivity contribution in [2.45, 2.75) is 72.3 Å². The molecule has 0 aliphatic carbocycles. The van der Waals surface area contributed by atoms with Gasteiger partial charge in [-0.1, -0.05) is 105 Å². The molecule has 182 valence electrons. The first-order valence-corrected chi connectivity index (χ1v) is 14.3. The van der Waals surface area contributed by atoms with Gasteiger partial charge in [0.05, 0.1) is 6.61 Å². The molecule has 0 aliphatic rings. The fourth-order valence-corrected chi connectivity index (χ4v) is 9.03. The number of carbonyl (C=O) groups excluding carboxylic acids is 1. The number of allylic oxidation sites excluding steroid dienone is 5. The normalized spacial score (nSPS) is 13.8. The summed E-state index contributed by atoms with van der Waals surface area (Å²) in [6.45, 7) is 13.8. The van der Waals surface area contributed by atoms with Crippen LogP contribution >= 0.6 is 0 Å². The lowest BCUT2D eigenvalue weighted by Crippen LogP contribution is -2.66. The van der Waals surface area contributed by atoms with Crippen molar-refractivity contribution < 1.29 is 9.22 Å². The van der Waals surface area contributed by atoms with E-state index in [2.05, 4.69) is 107 Å². The number of carbonyl (C=O) groups is 1. The fraction of sp³-hybridized carbons (Fsp3) is 0.387. The Morgan fingerprint density at radius 2 is 1.41 bits per heavy atom. The van der Waals surface area contributed by atoms with Gasteiger partial charge in [0, 0.05) is 0 Å². The number of aldehydes is 1. The predicted octanol–water partition coefficient (Wildman–Crippen LogP) is 7.16. The standard InChI is InChI=1S/C31H42O2Si/c1-7-28(23-26(2)17-11-8-12-18-27(3)24-32)25-33-34(31(4,5)6,29-19-13-9-14-20-29)30-21-15-10-16-22-30/h7,9-10,13-22,24H,8,11-12,23,25H2,1-6H3/b26-17+,27-18+,28-7-. The minimum Gasteiger partial charge on any atom is -0.403 e. The molecular formula is C31H42O2Si. The molecule has 0 aromatic heterocycles. The highest BCUT2D eigenvalue weighted by molar-refractivity contribution is 6.99. The van der Waals surface area contributed by atoms with Gasteiger partial charge in [-0.05, 0) is 73.0 Å². The maximum Gasteiger partial charge on any atom is 0.261 e.